The average Bonchev–Trinajstić information content (AvgIpc) is 2.25. The van der Waals surface area contributed by atoms with Gasteiger partial charge in [-0.25, -0.2) is 8.78 Å². The van der Waals surface area contributed by atoms with E-state index in [4.69, 9.17) is 0 Å². The smallest absolute Gasteiger partial charge is 0.273 e. The molecule has 0 bridgehead atoms. The Labute approximate surface area is 109 Å². The average molecular weight is 255 g/mol. The van der Waals surface area contributed by atoms with Gasteiger partial charge in [-0.2, -0.15) is 0 Å². The summed E-state index contributed by atoms with van der Waals surface area (Å²) in [6.45, 7) is 8.47. The maximum atomic E-state index is 13.8. The normalized spacial score (nSPS) is 12.4. The van der Waals surface area contributed by atoms with Crippen molar-refractivity contribution in [2.75, 3.05) is 0 Å². The van der Waals surface area contributed by atoms with Gasteiger partial charge in [0.05, 0.1) is 0 Å². The van der Waals surface area contributed by atoms with E-state index >= 15 is 0 Å². The van der Waals surface area contributed by atoms with Gasteiger partial charge in [-0.1, -0.05) is 52.0 Å². The van der Waals surface area contributed by atoms with Gasteiger partial charge in [0.15, 0.2) is 0 Å². The molecule has 0 unspecified atom stereocenters. The van der Waals surface area contributed by atoms with Crippen LogP contribution in [0.5, 0.6) is 0 Å². The van der Waals surface area contributed by atoms with Gasteiger partial charge >= 0.3 is 0 Å². The molecule has 0 fully saturated rings. The Kier molecular flexibility index (Phi) is 5.27. The lowest BCUT2D eigenvalue weighted by Crippen LogP contribution is -2.22. The summed E-state index contributed by atoms with van der Waals surface area (Å²) >= 11 is 0. The molecule has 1 N–H and O–H groups in total. The van der Waals surface area contributed by atoms with Crippen molar-refractivity contribution in [1.29, 1.82) is 0 Å². The molecule has 0 aliphatic heterocycles. The van der Waals surface area contributed by atoms with Gasteiger partial charge in [-0.05, 0) is 11.5 Å². The van der Waals surface area contributed by atoms with Crippen LogP contribution in [0.1, 0.15) is 45.2 Å². The fraction of sp³-hybridized carbons (Fsp3) is 0.600. The number of hydrogen-bond donors (Lipinski definition) is 1. The van der Waals surface area contributed by atoms with Crippen LogP contribution in [-0.2, 0) is 12.5 Å². The molecule has 1 rings (SSSR count). The molecule has 0 heterocycles. The summed E-state index contributed by atoms with van der Waals surface area (Å²) in [5.74, 6) is -2.74. The molecule has 0 aliphatic rings. The highest BCUT2D eigenvalue weighted by molar-refractivity contribution is 5.25. The second-order valence-electron chi connectivity index (χ2n) is 5.53. The van der Waals surface area contributed by atoms with E-state index in [1.807, 2.05) is 13.8 Å². The van der Waals surface area contributed by atoms with E-state index < -0.39 is 5.92 Å². The van der Waals surface area contributed by atoms with E-state index in [0.717, 1.165) is 5.56 Å². The van der Waals surface area contributed by atoms with Crippen LogP contribution in [0.15, 0.2) is 24.3 Å². The number of hydrogen-bond acceptors (Lipinski definition) is 1. The molecule has 0 aliphatic carbocycles. The molecule has 18 heavy (non-hydrogen) atoms. The zero-order chi connectivity index (χ0) is 13.8. The van der Waals surface area contributed by atoms with Crippen LogP contribution >= 0.6 is 0 Å². The van der Waals surface area contributed by atoms with E-state index in [1.54, 1.807) is 24.3 Å². The standard InChI is InChI=1S/C15H23F2N/c1-11(2)9-15(16,17)14-7-5-13(6-8-14)10-18-12(3)4/h5-8,11-12,18H,9-10H2,1-4H3. The quantitative estimate of drug-likeness (QED) is 0.798. The van der Waals surface area contributed by atoms with Crippen molar-refractivity contribution in [1.82, 2.24) is 5.32 Å². The summed E-state index contributed by atoms with van der Waals surface area (Å²) in [7, 11) is 0. The van der Waals surface area contributed by atoms with E-state index in [-0.39, 0.29) is 17.9 Å². The SMILES string of the molecule is CC(C)CC(F)(F)c1ccc(CNC(C)C)cc1. The molecule has 0 saturated heterocycles. The third kappa shape index (κ3) is 4.73. The van der Waals surface area contributed by atoms with Crippen LogP contribution in [0.25, 0.3) is 0 Å². The molecule has 0 aromatic heterocycles. The van der Waals surface area contributed by atoms with Crippen LogP contribution in [0.3, 0.4) is 0 Å². The minimum atomic E-state index is -2.72. The Balaban J connectivity index is 2.69. The highest BCUT2D eigenvalue weighted by Crippen LogP contribution is 2.34. The topological polar surface area (TPSA) is 12.0 Å². The molecule has 1 aromatic carbocycles. The van der Waals surface area contributed by atoms with Gasteiger partial charge in [-0.15, -0.1) is 0 Å². The molecule has 0 saturated carbocycles. The zero-order valence-electron chi connectivity index (χ0n) is 11.6. The highest BCUT2D eigenvalue weighted by atomic mass is 19.3. The molecule has 0 radical (unpaired) electrons. The summed E-state index contributed by atoms with van der Waals surface area (Å²) in [6, 6.07) is 7.03. The number of nitrogens with one attached hydrogen (secondary N) is 1. The lowest BCUT2D eigenvalue weighted by atomic mass is 9.97. The summed E-state index contributed by atoms with van der Waals surface area (Å²) in [4.78, 5) is 0. The zero-order valence-corrected chi connectivity index (χ0v) is 11.6. The Morgan fingerprint density at radius 1 is 1.06 bits per heavy atom. The van der Waals surface area contributed by atoms with Crippen LogP contribution in [0, 0.1) is 5.92 Å². The van der Waals surface area contributed by atoms with Crippen molar-refractivity contribution >= 4 is 0 Å². The van der Waals surface area contributed by atoms with E-state index in [1.165, 1.54) is 0 Å². The van der Waals surface area contributed by atoms with Crippen LogP contribution < -0.4 is 5.32 Å². The maximum absolute atomic E-state index is 13.8. The molecule has 0 atom stereocenters. The summed E-state index contributed by atoms with van der Waals surface area (Å²) < 4.78 is 27.7. The third-order valence-corrected chi connectivity index (χ3v) is 2.76. The summed E-state index contributed by atoms with van der Waals surface area (Å²) in [5.41, 5.74) is 1.15. The minimum Gasteiger partial charge on any atom is -0.310 e. The van der Waals surface area contributed by atoms with Crippen molar-refractivity contribution in [3.05, 3.63) is 35.4 Å². The summed E-state index contributed by atoms with van der Waals surface area (Å²) in [6.07, 6.45) is -0.101. The molecular formula is C15H23F2N. The number of rotatable bonds is 6. The fourth-order valence-corrected chi connectivity index (χ4v) is 1.82. The van der Waals surface area contributed by atoms with Crippen molar-refractivity contribution < 1.29 is 8.78 Å². The molecule has 3 heteroatoms. The Bertz CT molecular complexity index is 355. The number of halogens is 2. The van der Waals surface area contributed by atoms with Crippen molar-refractivity contribution in [2.24, 2.45) is 5.92 Å². The van der Waals surface area contributed by atoms with Crippen LogP contribution in [0.2, 0.25) is 0 Å². The van der Waals surface area contributed by atoms with Gasteiger partial charge in [-0.3, -0.25) is 0 Å². The predicted molar refractivity (Wildman–Crippen MR) is 71.8 cm³/mol. The lowest BCUT2D eigenvalue weighted by Gasteiger charge is -2.19. The Hall–Kier alpha value is -0.960. The molecule has 1 aromatic rings. The first kappa shape index (κ1) is 15.1. The molecule has 0 spiro atoms. The van der Waals surface area contributed by atoms with Gasteiger partial charge in [0.25, 0.3) is 5.92 Å². The Morgan fingerprint density at radius 2 is 1.61 bits per heavy atom. The largest absolute Gasteiger partial charge is 0.310 e. The molecule has 0 amide bonds. The lowest BCUT2D eigenvalue weighted by molar-refractivity contribution is -0.0249. The van der Waals surface area contributed by atoms with Gasteiger partial charge in [0.1, 0.15) is 0 Å². The second kappa shape index (κ2) is 6.28. The fourth-order valence-electron chi connectivity index (χ4n) is 1.82. The number of alkyl halides is 2. The minimum absolute atomic E-state index is 0.0118. The monoisotopic (exact) mass is 255 g/mol. The molecule has 1 nitrogen and oxygen atoms in total. The third-order valence-electron chi connectivity index (χ3n) is 2.76. The second-order valence-corrected chi connectivity index (χ2v) is 5.53. The molecule has 102 valence electrons. The van der Waals surface area contributed by atoms with E-state index in [0.29, 0.717) is 12.6 Å². The van der Waals surface area contributed by atoms with Gasteiger partial charge in [0, 0.05) is 24.6 Å². The van der Waals surface area contributed by atoms with Crippen molar-refractivity contribution in [2.45, 2.75) is 52.6 Å². The van der Waals surface area contributed by atoms with Gasteiger partial charge < -0.3 is 5.32 Å². The maximum Gasteiger partial charge on any atom is 0.273 e. The first-order valence-corrected chi connectivity index (χ1v) is 6.52. The van der Waals surface area contributed by atoms with Gasteiger partial charge in [0.2, 0.25) is 0 Å². The van der Waals surface area contributed by atoms with E-state index in [2.05, 4.69) is 19.2 Å². The first-order valence-electron chi connectivity index (χ1n) is 6.52. The number of benzene rings is 1. The van der Waals surface area contributed by atoms with Crippen LogP contribution in [-0.4, -0.2) is 6.04 Å². The predicted octanol–water partition coefficient (Wildman–Crippen LogP) is 4.32. The first-order chi connectivity index (χ1) is 8.31. The molecular weight excluding hydrogens is 232 g/mol. The Morgan fingerprint density at radius 3 is 2.06 bits per heavy atom. The van der Waals surface area contributed by atoms with Crippen molar-refractivity contribution in [3.63, 3.8) is 0 Å². The van der Waals surface area contributed by atoms with E-state index in [9.17, 15) is 8.78 Å². The highest BCUT2D eigenvalue weighted by Gasteiger charge is 2.31. The van der Waals surface area contributed by atoms with Crippen LogP contribution in [0.4, 0.5) is 8.78 Å². The summed E-state index contributed by atoms with van der Waals surface area (Å²) in [5, 5.41) is 3.26. The van der Waals surface area contributed by atoms with Crippen molar-refractivity contribution in [3.8, 4) is 0 Å².